The van der Waals surface area contributed by atoms with E-state index in [0.717, 1.165) is 12.8 Å². The molecule has 0 atom stereocenters. The topological polar surface area (TPSA) is 97.8 Å². The first-order valence-corrected chi connectivity index (χ1v) is 7.83. The first-order chi connectivity index (χ1) is 10.2. The van der Waals surface area contributed by atoms with Gasteiger partial charge in [0.05, 0.1) is 0 Å². The van der Waals surface area contributed by atoms with Crippen molar-refractivity contribution in [1.29, 1.82) is 0 Å². The molecule has 1 fully saturated rings. The van der Waals surface area contributed by atoms with Gasteiger partial charge >= 0.3 is 0 Å². The fraction of sp³-hybridized carbons (Fsp3) is 0.625. The predicted molar refractivity (Wildman–Crippen MR) is 83.4 cm³/mol. The Morgan fingerprint density at radius 3 is 2.24 bits per heavy atom. The van der Waals surface area contributed by atoms with Gasteiger partial charge in [-0.25, -0.2) is 0 Å². The Kier molecular flexibility index (Phi) is 5.68. The number of carbonyl (C=O) groups is 1. The summed E-state index contributed by atoms with van der Waals surface area (Å²) >= 11 is 0. The van der Waals surface area contributed by atoms with Crippen molar-refractivity contribution in [2.75, 3.05) is 5.73 Å². The SMILES string of the molecule is NC(=O)c1c(C#CC2CCCCCCCCC2)n[nH]c1N. The van der Waals surface area contributed by atoms with Crippen molar-refractivity contribution in [2.24, 2.45) is 11.7 Å². The quantitative estimate of drug-likeness (QED) is 0.693. The molecule has 5 N–H and O–H groups in total. The molecule has 114 valence electrons. The maximum absolute atomic E-state index is 11.4. The van der Waals surface area contributed by atoms with Gasteiger partial charge in [0.25, 0.3) is 5.91 Å². The Bertz CT molecular complexity index is 528. The smallest absolute Gasteiger partial charge is 0.255 e. The number of nitrogen functional groups attached to an aromatic ring is 1. The lowest BCUT2D eigenvalue weighted by Crippen LogP contribution is -2.13. The third-order valence-corrected chi connectivity index (χ3v) is 4.04. The summed E-state index contributed by atoms with van der Waals surface area (Å²) in [6.07, 6.45) is 11.3. The van der Waals surface area contributed by atoms with E-state index in [-0.39, 0.29) is 11.4 Å². The zero-order valence-corrected chi connectivity index (χ0v) is 12.5. The van der Waals surface area contributed by atoms with Crippen LogP contribution in [0.15, 0.2) is 0 Å². The number of hydrogen-bond acceptors (Lipinski definition) is 3. The lowest BCUT2D eigenvalue weighted by molar-refractivity contribution is 0.100. The molecule has 5 nitrogen and oxygen atoms in total. The van der Waals surface area contributed by atoms with Crippen LogP contribution in [-0.4, -0.2) is 16.1 Å². The van der Waals surface area contributed by atoms with Crippen LogP contribution in [0.25, 0.3) is 0 Å². The number of aromatic amines is 1. The van der Waals surface area contributed by atoms with Crippen molar-refractivity contribution >= 4 is 11.7 Å². The molecule has 1 aliphatic carbocycles. The fourth-order valence-corrected chi connectivity index (χ4v) is 2.82. The van der Waals surface area contributed by atoms with Crippen molar-refractivity contribution in [3.8, 4) is 11.8 Å². The first-order valence-electron chi connectivity index (χ1n) is 7.83. The molecule has 1 aromatic rings. The molecule has 0 unspecified atom stereocenters. The van der Waals surface area contributed by atoms with E-state index in [0.29, 0.717) is 11.6 Å². The number of aromatic nitrogens is 2. The molecule has 0 aliphatic heterocycles. The molecule has 1 amide bonds. The average Bonchev–Trinajstić information content (AvgIpc) is 2.84. The maximum Gasteiger partial charge on any atom is 0.255 e. The van der Waals surface area contributed by atoms with Crippen molar-refractivity contribution in [3.63, 3.8) is 0 Å². The summed E-state index contributed by atoms with van der Waals surface area (Å²) in [5.41, 5.74) is 11.5. The van der Waals surface area contributed by atoms with E-state index in [1.165, 1.54) is 44.9 Å². The highest BCUT2D eigenvalue weighted by molar-refractivity contribution is 5.99. The number of primary amides is 1. The highest BCUT2D eigenvalue weighted by atomic mass is 16.1. The van der Waals surface area contributed by atoms with Gasteiger partial charge in [-0.05, 0) is 18.8 Å². The molecule has 2 rings (SSSR count). The van der Waals surface area contributed by atoms with E-state index in [1.807, 2.05) is 0 Å². The highest BCUT2D eigenvalue weighted by Gasteiger charge is 2.15. The van der Waals surface area contributed by atoms with E-state index >= 15 is 0 Å². The molecule has 21 heavy (non-hydrogen) atoms. The number of hydrogen-bond donors (Lipinski definition) is 3. The number of carbonyl (C=O) groups excluding carboxylic acids is 1. The average molecular weight is 288 g/mol. The van der Waals surface area contributed by atoms with Crippen molar-refractivity contribution in [1.82, 2.24) is 10.2 Å². The third-order valence-electron chi connectivity index (χ3n) is 4.04. The molecular weight excluding hydrogens is 264 g/mol. The number of nitrogens with zero attached hydrogens (tertiary/aromatic N) is 1. The second kappa shape index (κ2) is 7.72. The molecule has 0 saturated heterocycles. The monoisotopic (exact) mass is 288 g/mol. The largest absolute Gasteiger partial charge is 0.383 e. The third kappa shape index (κ3) is 4.52. The number of H-pyrrole nitrogens is 1. The lowest BCUT2D eigenvalue weighted by Gasteiger charge is -2.12. The van der Waals surface area contributed by atoms with Crippen LogP contribution in [0.5, 0.6) is 0 Å². The molecule has 1 aromatic heterocycles. The first kappa shape index (κ1) is 15.4. The van der Waals surface area contributed by atoms with Crippen LogP contribution in [-0.2, 0) is 0 Å². The van der Waals surface area contributed by atoms with E-state index in [1.54, 1.807) is 0 Å². The van der Waals surface area contributed by atoms with E-state index < -0.39 is 5.91 Å². The Labute approximate surface area is 125 Å². The van der Waals surface area contributed by atoms with E-state index in [2.05, 4.69) is 22.0 Å². The predicted octanol–water partition coefficient (Wildman–Crippen LogP) is 2.58. The minimum atomic E-state index is -0.587. The van der Waals surface area contributed by atoms with E-state index in [9.17, 15) is 4.79 Å². The summed E-state index contributed by atoms with van der Waals surface area (Å²) in [7, 11) is 0. The minimum absolute atomic E-state index is 0.192. The zero-order chi connectivity index (χ0) is 15.1. The van der Waals surface area contributed by atoms with Gasteiger partial charge in [0.2, 0.25) is 0 Å². The van der Waals surface area contributed by atoms with Gasteiger partial charge in [0, 0.05) is 5.92 Å². The Morgan fingerprint density at radius 1 is 1.10 bits per heavy atom. The molecule has 0 bridgehead atoms. The molecule has 0 radical (unpaired) electrons. The summed E-state index contributed by atoms with van der Waals surface area (Å²) in [6, 6.07) is 0. The summed E-state index contributed by atoms with van der Waals surface area (Å²) in [6.45, 7) is 0. The molecule has 0 spiro atoms. The van der Waals surface area contributed by atoms with Crippen LogP contribution in [0.4, 0.5) is 5.82 Å². The minimum Gasteiger partial charge on any atom is -0.383 e. The van der Waals surface area contributed by atoms with Crippen LogP contribution in [0, 0.1) is 17.8 Å². The summed E-state index contributed by atoms with van der Waals surface area (Å²) in [5, 5.41) is 6.54. The lowest BCUT2D eigenvalue weighted by atomic mass is 9.92. The summed E-state index contributed by atoms with van der Waals surface area (Å²) < 4.78 is 0. The Balaban J connectivity index is 2.06. The van der Waals surface area contributed by atoms with Gasteiger partial charge < -0.3 is 11.5 Å². The highest BCUT2D eigenvalue weighted by Crippen LogP contribution is 2.21. The summed E-state index contributed by atoms with van der Waals surface area (Å²) in [4.78, 5) is 11.4. The molecule has 0 aromatic carbocycles. The van der Waals surface area contributed by atoms with Gasteiger partial charge in [-0.15, -0.1) is 0 Å². The van der Waals surface area contributed by atoms with Crippen LogP contribution in [0.1, 0.15) is 73.8 Å². The number of amides is 1. The Morgan fingerprint density at radius 2 is 1.67 bits per heavy atom. The summed E-state index contributed by atoms with van der Waals surface area (Å²) in [5.74, 6) is 6.25. The van der Waals surface area contributed by atoms with Crippen LogP contribution in [0.2, 0.25) is 0 Å². The van der Waals surface area contributed by atoms with Crippen molar-refractivity contribution < 1.29 is 4.79 Å². The van der Waals surface area contributed by atoms with Crippen LogP contribution in [0.3, 0.4) is 0 Å². The molecule has 1 saturated carbocycles. The number of nitrogens with one attached hydrogen (secondary N) is 1. The van der Waals surface area contributed by atoms with Gasteiger partial charge in [-0.1, -0.05) is 50.9 Å². The molecule has 1 heterocycles. The van der Waals surface area contributed by atoms with Crippen molar-refractivity contribution in [3.05, 3.63) is 11.3 Å². The van der Waals surface area contributed by atoms with E-state index in [4.69, 9.17) is 11.5 Å². The maximum atomic E-state index is 11.4. The second-order valence-electron chi connectivity index (χ2n) is 5.74. The fourth-order valence-electron chi connectivity index (χ4n) is 2.82. The number of rotatable bonds is 1. The van der Waals surface area contributed by atoms with Gasteiger partial charge in [0.1, 0.15) is 17.1 Å². The number of nitrogens with two attached hydrogens (primary N) is 2. The second-order valence-corrected chi connectivity index (χ2v) is 5.74. The number of anilines is 1. The molecule has 1 aliphatic rings. The normalized spacial score (nSPS) is 17.7. The van der Waals surface area contributed by atoms with Crippen LogP contribution < -0.4 is 11.5 Å². The van der Waals surface area contributed by atoms with Gasteiger partial charge in [-0.2, -0.15) is 5.10 Å². The van der Waals surface area contributed by atoms with Gasteiger partial charge in [-0.3, -0.25) is 9.89 Å². The van der Waals surface area contributed by atoms with Crippen molar-refractivity contribution in [2.45, 2.75) is 57.8 Å². The van der Waals surface area contributed by atoms with Gasteiger partial charge in [0.15, 0.2) is 0 Å². The molecular formula is C16H24N4O. The standard InChI is InChI=1S/C16H24N4O/c17-15-14(16(18)21)13(19-20-15)11-10-12-8-6-4-2-1-3-5-7-9-12/h12H,1-9H2,(H2,18,21)(H3,17,19,20). The molecule has 5 heteroatoms. The van der Waals surface area contributed by atoms with Crippen LogP contribution >= 0.6 is 0 Å². The zero-order valence-electron chi connectivity index (χ0n) is 12.5. The Hall–Kier alpha value is -1.96.